The topological polar surface area (TPSA) is 83.8 Å². The molecule has 3 aliphatic heterocycles. The van der Waals surface area contributed by atoms with Crippen LogP contribution in [-0.2, 0) is 4.74 Å². The number of aromatic nitrogens is 1. The second kappa shape index (κ2) is 4.74. The Morgan fingerprint density at radius 2 is 2.05 bits per heavy atom. The van der Waals surface area contributed by atoms with Crippen LogP contribution in [0.15, 0.2) is 17.1 Å². The zero-order chi connectivity index (χ0) is 15.3. The fraction of sp³-hybridized carbons (Fsp3) is 0.600. The zero-order valence-corrected chi connectivity index (χ0v) is 12.2. The van der Waals surface area contributed by atoms with Crippen LogP contribution in [0.4, 0.5) is 0 Å². The van der Waals surface area contributed by atoms with Gasteiger partial charge in [0.15, 0.2) is 11.4 Å². The second-order valence-corrected chi connectivity index (χ2v) is 6.46. The highest BCUT2D eigenvalue weighted by atomic mass is 16.5. The molecule has 3 aliphatic rings. The number of amides is 1. The summed E-state index contributed by atoms with van der Waals surface area (Å²) in [7, 11) is 0. The molecule has 0 aromatic carbocycles. The van der Waals surface area contributed by atoms with E-state index in [9.17, 15) is 14.7 Å². The molecule has 7 heteroatoms. The Morgan fingerprint density at radius 3 is 2.82 bits per heavy atom. The highest BCUT2D eigenvalue weighted by molar-refractivity contribution is 5.96. The van der Waals surface area contributed by atoms with E-state index >= 15 is 0 Å². The van der Waals surface area contributed by atoms with E-state index in [1.165, 1.54) is 16.9 Å². The van der Waals surface area contributed by atoms with Crippen molar-refractivity contribution < 1.29 is 14.6 Å². The van der Waals surface area contributed by atoms with Crippen LogP contribution < -0.4 is 10.9 Å². The first-order chi connectivity index (χ1) is 10.6. The first-order valence-corrected chi connectivity index (χ1v) is 7.70. The monoisotopic (exact) mass is 305 g/mol. The lowest BCUT2D eigenvalue weighted by Crippen LogP contribution is -2.59. The van der Waals surface area contributed by atoms with Crippen molar-refractivity contribution >= 4 is 5.91 Å². The van der Waals surface area contributed by atoms with Gasteiger partial charge in [-0.05, 0) is 31.1 Å². The number of carbonyl (C=O) groups excluding carboxylic acids is 1. The second-order valence-electron chi connectivity index (χ2n) is 6.46. The van der Waals surface area contributed by atoms with Gasteiger partial charge in [-0.1, -0.05) is 0 Å². The lowest BCUT2D eigenvalue weighted by molar-refractivity contribution is -0.0340. The molecule has 1 unspecified atom stereocenters. The molecule has 0 bridgehead atoms. The first kappa shape index (κ1) is 13.6. The van der Waals surface area contributed by atoms with Crippen LogP contribution in [0.3, 0.4) is 0 Å². The van der Waals surface area contributed by atoms with Gasteiger partial charge in [-0.2, -0.15) is 0 Å². The van der Waals surface area contributed by atoms with Crippen molar-refractivity contribution in [2.45, 2.75) is 31.8 Å². The van der Waals surface area contributed by atoms with Gasteiger partial charge in [-0.3, -0.25) is 14.3 Å². The van der Waals surface area contributed by atoms with Crippen LogP contribution in [0.25, 0.3) is 0 Å². The van der Waals surface area contributed by atoms with Gasteiger partial charge in [0, 0.05) is 32.0 Å². The fourth-order valence-corrected chi connectivity index (χ4v) is 3.89. The highest BCUT2D eigenvalue weighted by Crippen LogP contribution is 2.43. The third kappa shape index (κ3) is 1.92. The summed E-state index contributed by atoms with van der Waals surface area (Å²) in [6.07, 6.45) is 5.27. The van der Waals surface area contributed by atoms with Crippen LogP contribution in [0.2, 0.25) is 0 Å². The Morgan fingerprint density at radius 1 is 1.27 bits per heavy atom. The smallest absolute Gasteiger partial charge is 0.278 e. The number of fused-ring (bicyclic) bond motifs is 2. The van der Waals surface area contributed by atoms with E-state index in [2.05, 4.69) is 5.43 Å². The molecule has 0 radical (unpaired) electrons. The van der Waals surface area contributed by atoms with Gasteiger partial charge in [-0.25, -0.2) is 0 Å². The van der Waals surface area contributed by atoms with E-state index in [-0.39, 0.29) is 23.2 Å². The molecule has 7 nitrogen and oxygen atoms in total. The number of carbonyl (C=O) groups is 1. The van der Waals surface area contributed by atoms with E-state index in [0.29, 0.717) is 6.54 Å². The third-order valence-electron chi connectivity index (χ3n) is 5.26. The zero-order valence-electron chi connectivity index (χ0n) is 12.2. The Labute approximate surface area is 127 Å². The maximum absolute atomic E-state index is 12.6. The van der Waals surface area contributed by atoms with Crippen molar-refractivity contribution in [3.05, 3.63) is 28.2 Å². The fourth-order valence-electron chi connectivity index (χ4n) is 3.89. The number of hydrogen-bond acceptors (Lipinski definition) is 5. The van der Waals surface area contributed by atoms with E-state index in [0.717, 1.165) is 38.9 Å². The normalized spacial score (nSPS) is 26.3. The Hall–Kier alpha value is -2.02. The minimum Gasteiger partial charge on any atom is -0.502 e. The number of piperidine rings is 1. The molecule has 22 heavy (non-hydrogen) atoms. The lowest BCUT2D eigenvalue weighted by Gasteiger charge is -2.50. The summed E-state index contributed by atoms with van der Waals surface area (Å²) in [5.41, 5.74) is 2.98. The van der Waals surface area contributed by atoms with Gasteiger partial charge in [0.1, 0.15) is 6.17 Å². The molecule has 4 rings (SSSR count). The van der Waals surface area contributed by atoms with Crippen LogP contribution in [0.1, 0.15) is 36.2 Å². The molecule has 0 saturated carbocycles. The molecule has 2 fully saturated rings. The summed E-state index contributed by atoms with van der Waals surface area (Å²) < 4.78 is 6.95. The number of hydrogen-bond donors (Lipinski definition) is 2. The average Bonchev–Trinajstić information content (AvgIpc) is 2.51. The van der Waals surface area contributed by atoms with Crippen LogP contribution in [-0.4, -0.2) is 46.5 Å². The summed E-state index contributed by atoms with van der Waals surface area (Å²) >= 11 is 0. The SMILES string of the molecule is O=C1c2c(O)c(=O)ccn2NC2CC3(CCOCC3)CCN12. The summed E-state index contributed by atoms with van der Waals surface area (Å²) in [6, 6.07) is 1.27. The molecule has 1 aromatic heterocycles. The molecule has 4 heterocycles. The van der Waals surface area contributed by atoms with Gasteiger partial charge in [-0.15, -0.1) is 0 Å². The van der Waals surface area contributed by atoms with Crippen LogP contribution in [0.5, 0.6) is 5.75 Å². The predicted octanol–water partition coefficient (Wildman–Crippen LogP) is 0.470. The Balaban J connectivity index is 1.67. The summed E-state index contributed by atoms with van der Waals surface area (Å²) in [5.74, 6) is -0.759. The van der Waals surface area contributed by atoms with Crippen molar-refractivity contribution in [3.8, 4) is 5.75 Å². The molecule has 118 valence electrons. The lowest BCUT2D eigenvalue weighted by atomic mass is 9.71. The molecule has 1 atom stereocenters. The Bertz CT molecular complexity index is 678. The van der Waals surface area contributed by atoms with Crippen LogP contribution >= 0.6 is 0 Å². The first-order valence-electron chi connectivity index (χ1n) is 7.70. The largest absolute Gasteiger partial charge is 0.502 e. The van der Waals surface area contributed by atoms with Crippen molar-refractivity contribution in [2.75, 3.05) is 25.2 Å². The van der Waals surface area contributed by atoms with Crippen molar-refractivity contribution in [3.63, 3.8) is 0 Å². The summed E-state index contributed by atoms with van der Waals surface area (Å²) in [5, 5.41) is 9.91. The molecular formula is C15H19N3O4. The summed E-state index contributed by atoms with van der Waals surface area (Å²) in [6.45, 7) is 2.20. The van der Waals surface area contributed by atoms with Gasteiger partial charge < -0.3 is 20.2 Å². The molecule has 1 spiro atoms. The standard InChI is InChI=1S/C15H19N3O4/c19-10-1-5-18-12(13(10)20)14(21)17-6-2-15(9-11(17)16-18)3-7-22-8-4-15/h1,5,11,16,20H,2-4,6-9H2. The number of pyridine rings is 1. The van der Waals surface area contributed by atoms with Crippen LogP contribution in [0, 0.1) is 5.41 Å². The van der Waals surface area contributed by atoms with Crippen molar-refractivity contribution in [1.29, 1.82) is 0 Å². The van der Waals surface area contributed by atoms with Gasteiger partial charge in [0.2, 0.25) is 5.43 Å². The van der Waals surface area contributed by atoms with E-state index in [1.54, 1.807) is 4.90 Å². The van der Waals surface area contributed by atoms with E-state index < -0.39 is 11.2 Å². The molecule has 1 aromatic rings. The number of ether oxygens (including phenoxy) is 1. The van der Waals surface area contributed by atoms with Gasteiger partial charge in [0.25, 0.3) is 5.91 Å². The maximum Gasteiger partial charge on any atom is 0.278 e. The van der Waals surface area contributed by atoms with E-state index in [1.807, 2.05) is 0 Å². The molecular weight excluding hydrogens is 286 g/mol. The van der Waals surface area contributed by atoms with Gasteiger partial charge in [0.05, 0.1) is 0 Å². The van der Waals surface area contributed by atoms with E-state index in [4.69, 9.17) is 4.74 Å². The molecule has 1 amide bonds. The van der Waals surface area contributed by atoms with Crippen molar-refractivity contribution in [1.82, 2.24) is 9.58 Å². The minimum atomic E-state index is -0.530. The number of nitrogens with zero attached hydrogens (tertiary/aromatic N) is 2. The Kier molecular flexibility index (Phi) is 2.94. The maximum atomic E-state index is 12.6. The molecule has 2 saturated heterocycles. The quantitative estimate of drug-likeness (QED) is 0.728. The number of nitrogens with one attached hydrogen (secondary N) is 1. The minimum absolute atomic E-state index is 0.0340. The number of rotatable bonds is 0. The number of aromatic hydroxyl groups is 1. The third-order valence-corrected chi connectivity index (χ3v) is 5.26. The predicted molar refractivity (Wildman–Crippen MR) is 78.3 cm³/mol. The summed E-state index contributed by atoms with van der Waals surface area (Å²) in [4.78, 5) is 25.9. The highest BCUT2D eigenvalue weighted by Gasteiger charge is 2.45. The van der Waals surface area contributed by atoms with Crippen molar-refractivity contribution in [2.24, 2.45) is 5.41 Å². The van der Waals surface area contributed by atoms with Gasteiger partial charge >= 0.3 is 0 Å². The average molecular weight is 305 g/mol. The molecule has 0 aliphatic carbocycles. The molecule has 2 N–H and O–H groups in total.